The molecule has 0 fully saturated rings. The number of ketones is 1. The molecule has 0 N–H and O–H groups in total. The summed E-state index contributed by atoms with van der Waals surface area (Å²) in [5.74, 6) is -0.922. The number of anilines is 1. The number of Topliss-reactive ketones (excluding diaryl/α,β-unsaturated/α-hetero) is 1. The lowest BCUT2D eigenvalue weighted by Gasteiger charge is -2.21. The Kier molecular flexibility index (Phi) is 4.12. The maximum absolute atomic E-state index is 12.8. The van der Waals surface area contributed by atoms with E-state index in [0.717, 1.165) is 10.6 Å². The summed E-state index contributed by atoms with van der Waals surface area (Å²) in [5.41, 5.74) is 1.95. The summed E-state index contributed by atoms with van der Waals surface area (Å²) in [6.45, 7) is 1.76. The van der Waals surface area contributed by atoms with Gasteiger partial charge in [-0.25, -0.2) is 4.79 Å². The molecular weight excluding hydrogens is 310 g/mol. The van der Waals surface area contributed by atoms with E-state index in [1.807, 2.05) is 47.8 Å². The Morgan fingerprint density at radius 2 is 1.91 bits per heavy atom. The number of nitrogens with zero attached hydrogens (tertiary/aromatic N) is 1. The van der Waals surface area contributed by atoms with E-state index in [9.17, 15) is 9.59 Å². The first-order valence-electron chi connectivity index (χ1n) is 7.07. The Bertz CT molecular complexity index is 804. The van der Waals surface area contributed by atoms with Crippen molar-refractivity contribution < 1.29 is 14.3 Å². The molecule has 2 heterocycles. The van der Waals surface area contributed by atoms with Crippen LogP contribution in [0.2, 0.25) is 0 Å². The Balaban J connectivity index is 2.15. The molecule has 23 heavy (non-hydrogen) atoms. The third-order valence-electron chi connectivity index (χ3n) is 3.62. The van der Waals surface area contributed by atoms with E-state index in [2.05, 4.69) is 0 Å². The van der Waals surface area contributed by atoms with Gasteiger partial charge in [0.1, 0.15) is 5.57 Å². The fourth-order valence-electron chi connectivity index (χ4n) is 2.58. The average molecular weight is 325 g/mol. The summed E-state index contributed by atoms with van der Waals surface area (Å²) in [4.78, 5) is 27.5. The molecule has 5 heteroatoms. The van der Waals surface area contributed by atoms with Crippen LogP contribution in [-0.2, 0) is 14.3 Å². The highest BCUT2D eigenvalue weighted by atomic mass is 32.1. The quantitative estimate of drug-likeness (QED) is 0.491. The van der Waals surface area contributed by atoms with Crippen LogP contribution in [0.25, 0.3) is 6.08 Å². The Morgan fingerprint density at radius 1 is 1.17 bits per heavy atom. The minimum absolute atomic E-state index is 0.0826. The minimum Gasteiger partial charge on any atom is -0.465 e. The third kappa shape index (κ3) is 2.71. The molecule has 0 radical (unpaired) electrons. The monoisotopic (exact) mass is 325 g/mol. The van der Waals surface area contributed by atoms with Crippen molar-refractivity contribution in [1.82, 2.24) is 0 Å². The molecule has 2 aromatic rings. The van der Waals surface area contributed by atoms with Gasteiger partial charge in [-0.15, -0.1) is 11.3 Å². The Labute approximate surface area is 138 Å². The van der Waals surface area contributed by atoms with Gasteiger partial charge >= 0.3 is 5.97 Å². The van der Waals surface area contributed by atoms with E-state index in [4.69, 9.17) is 4.74 Å². The van der Waals surface area contributed by atoms with E-state index in [0.29, 0.717) is 11.4 Å². The highest BCUT2D eigenvalue weighted by molar-refractivity contribution is 7.10. The molecule has 0 bridgehead atoms. The molecule has 0 saturated carbocycles. The second kappa shape index (κ2) is 6.22. The standard InChI is InChI=1S/C18H15NO3S/c1-12-16(18(21)22-2)17(20)15(11-14-9-6-10-23-14)19(12)13-7-4-3-5-8-13/h3-11H,1-2H3. The van der Waals surface area contributed by atoms with Gasteiger partial charge in [0.2, 0.25) is 5.78 Å². The van der Waals surface area contributed by atoms with Crippen LogP contribution >= 0.6 is 11.3 Å². The number of benzene rings is 1. The van der Waals surface area contributed by atoms with Crippen LogP contribution in [0.15, 0.2) is 64.8 Å². The molecule has 0 aliphatic carbocycles. The van der Waals surface area contributed by atoms with Gasteiger partial charge in [-0.1, -0.05) is 24.3 Å². The van der Waals surface area contributed by atoms with Crippen molar-refractivity contribution in [3.63, 3.8) is 0 Å². The van der Waals surface area contributed by atoms with E-state index in [1.165, 1.54) is 18.4 Å². The summed E-state index contributed by atoms with van der Waals surface area (Å²) in [7, 11) is 1.28. The molecular formula is C18H15NO3S. The van der Waals surface area contributed by atoms with Crippen LogP contribution in [0, 0.1) is 0 Å². The smallest absolute Gasteiger partial charge is 0.343 e. The zero-order valence-corrected chi connectivity index (χ0v) is 13.6. The molecule has 1 aromatic heterocycles. The fraction of sp³-hybridized carbons (Fsp3) is 0.111. The highest BCUT2D eigenvalue weighted by Gasteiger charge is 2.38. The van der Waals surface area contributed by atoms with Crippen LogP contribution in [0.1, 0.15) is 11.8 Å². The van der Waals surface area contributed by atoms with Crippen LogP contribution < -0.4 is 4.90 Å². The van der Waals surface area contributed by atoms with Crippen molar-refractivity contribution in [3.8, 4) is 0 Å². The maximum Gasteiger partial charge on any atom is 0.343 e. The lowest BCUT2D eigenvalue weighted by atomic mass is 10.1. The summed E-state index contributed by atoms with van der Waals surface area (Å²) in [6.07, 6.45) is 1.80. The topological polar surface area (TPSA) is 46.6 Å². The number of hydrogen-bond donors (Lipinski definition) is 0. The van der Waals surface area contributed by atoms with Gasteiger partial charge in [0.15, 0.2) is 0 Å². The molecule has 1 aliphatic heterocycles. The molecule has 0 atom stereocenters. The molecule has 0 unspecified atom stereocenters. The Hall–Kier alpha value is -2.66. The normalized spacial score (nSPS) is 16.3. The Morgan fingerprint density at radius 3 is 2.52 bits per heavy atom. The molecule has 116 valence electrons. The lowest BCUT2D eigenvalue weighted by molar-refractivity contribution is -0.137. The predicted molar refractivity (Wildman–Crippen MR) is 90.9 cm³/mol. The van der Waals surface area contributed by atoms with E-state index >= 15 is 0 Å². The summed E-state index contributed by atoms with van der Waals surface area (Å²) in [5, 5.41) is 1.94. The van der Waals surface area contributed by atoms with Gasteiger partial charge in [-0.2, -0.15) is 0 Å². The van der Waals surface area contributed by atoms with Gasteiger partial charge in [-0.05, 0) is 36.6 Å². The predicted octanol–water partition coefficient (Wildman–Crippen LogP) is 3.63. The molecule has 0 saturated heterocycles. The number of carbonyl (C=O) groups is 2. The first kappa shape index (κ1) is 15.2. The minimum atomic E-state index is -0.608. The first-order valence-corrected chi connectivity index (χ1v) is 7.95. The van der Waals surface area contributed by atoms with Crippen molar-refractivity contribution in [1.29, 1.82) is 0 Å². The van der Waals surface area contributed by atoms with Crippen LogP contribution in [0.5, 0.6) is 0 Å². The summed E-state index contributed by atoms with van der Waals surface area (Å²) < 4.78 is 4.77. The maximum atomic E-state index is 12.8. The van der Waals surface area contributed by atoms with Crippen molar-refractivity contribution in [2.24, 2.45) is 0 Å². The molecule has 1 aliphatic rings. The SMILES string of the molecule is COC(=O)C1=C(C)N(c2ccccc2)C(=Cc2cccs2)C1=O. The molecule has 0 spiro atoms. The van der Waals surface area contributed by atoms with Gasteiger partial charge in [-0.3, -0.25) is 4.79 Å². The van der Waals surface area contributed by atoms with Crippen molar-refractivity contribution in [2.45, 2.75) is 6.92 Å². The van der Waals surface area contributed by atoms with Crippen LogP contribution in [0.3, 0.4) is 0 Å². The van der Waals surface area contributed by atoms with E-state index in [1.54, 1.807) is 17.9 Å². The molecule has 1 aromatic carbocycles. The zero-order chi connectivity index (χ0) is 16.4. The van der Waals surface area contributed by atoms with Gasteiger partial charge in [0, 0.05) is 16.3 Å². The number of hydrogen-bond acceptors (Lipinski definition) is 5. The number of carbonyl (C=O) groups excluding carboxylic acids is 2. The number of esters is 1. The molecule has 3 rings (SSSR count). The number of thiophene rings is 1. The zero-order valence-electron chi connectivity index (χ0n) is 12.8. The highest BCUT2D eigenvalue weighted by Crippen LogP contribution is 2.35. The van der Waals surface area contributed by atoms with Crippen molar-refractivity contribution >= 4 is 34.9 Å². The van der Waals surface area contributed by atoms with Gasteiger partial charge in [0.25, 0.3) is 0 Å². The molecule has 4 nitrogen and oxygen atoms in total. The first-order chi connectivity index (χ1) is 11.1. The number of rotatable bonds is 3. The number of ether oxygens (including phenoxy) is 1. The number of para-hydroxylation sites is 1. The van der Waals surface area contributed by atoms with Crippen LogP contribution in [0.4, 0.5) is 5.69 Å². The fourth-order valence-corrected chi connectivity index (χ4v) is 3.23. The van der Waals surface area contributed by atoms with Gasteiger partial charge < -0.3 is 9.64 Å². The lowest BCUT2D eigenvalue weighted by Crippen LogP contribution is -2.18. The summed E-state index contributed by atoms with van der Waals surface area (Å²) in [6, 6.07) is 13.4. The number of allylic oxidation sites excluding steroid dienone is 2. The van der Waals surface area contributed by atoms with Crippen LogP contribution in [-0.4, -0.2) is 18.9 Å². The largest absolute Gasteiger partial charge is 0.465 e. The van der Waals surface area contributed by atoms with Gasteiger partial charge in [0.05, 0.1) is 12.8 Å². The summed E-state index contributed by atoms with van der Waals surface area (Å²) >= 11 is 1.54. The average Bonchev–Trinajstić information content (AvgIpc) is 3.15. The van der Waals surface area contributed by atoms with E-state index in [-0.39, 0.29) is 11.4 Å². The number of methoxy groups -OCH3 is 1. The second-order valence-corrected chi connectivity index (χ2v) is 5.98. The van der Waals surface area contributed by atoms with E-state index < -0.39 is 5.97 Å². The second-order valence-electron chi connectivity index (χ2n) is 5.00. The van der Waals surface area contributed by atoms with Crippen molar-refractivity contribution in [2.75, 3.05) is 12.0 Å². The third-order valence-corrected chi connectivity index (χ3v) is 4.44. The molecule has 0 amide bonds. The van der Waals surface area contributed by atoms with Crippen molar-refractivity contribution in [3.05, 3.63) is 69.7 Å².